The Kier molecular flexibility index (Phi) is 4.10. The van der Waals surface area contributed by atoms with E-state index < -0.39 is 5.97 Å². The highest BCUT2D eigenvalue weighted by Gasteiger charge is 2.19. The second kappa shape index (κ2) is 5.78. The molecule has 2 aromatic rings. The van der Waals surface area contributed by atoms with Gasteiger partial charge in [-0.2, -0.15) is 0 Å². The van der Waals surface area contributed by atoms with Crippen LogP contribution in [0.5, 0.6) is 0 Å². The first-order chi connectivity index (χ1) is 8.66. The molecule has 2 rings (SSSR count). The number of hydrogen-bond acceptors (Lipinski definition) is 3. The molecule has 3 nitrogen and oxygen atoms in total. The van der Waals surface area contributed by atoms with Crippen molar-refractivity contribution in [3.63, 3.8) is 0 Å². The fraction of sp³-hybridized carbons (Fsp3) is 0.286. The molecule has 1 aromatic carbocycles. The van der Waals surface area contributed by atoms with Crippen molar-refractivity contribution >= 4 is 17.3 Å². The smallest absolute Gasteiger partial charge is 0.307 e. The van der Waals surface area contributed by atoms with Crippen LogP contribution in [0.4, 0.5) is 0 Å². The van der Waals surface area contributed by atoms with Crippen molar-refractivity contribution in [3.8, 4) is 0 Å². The largest absolute Gasteiger partial charge is 0.481 e. The molecule has 0 saturated heterocycles. The van der Waals surface area contributed by atoms with Crippen LogP contribution in [0.3, 0.4) is 0 Å². The maximum atomic E-state index is 11.3. The number of benzene rings is 1. The second-order valence-electron chi connectivity index (χ2n) is 4.34. The SMILES string of the molecule is Cc1ccccc1CC(Cc1cncs1)C(=O)O. The fourth-order valence-electron chi connectivity index (χ4n) is 1.94. The molecule has 1 aromatic heterocycles. The van der Waals surface area contributed by atoms with E-state index in [2.05, 4.69) is 4.98 Å². The molecule has 0 aliphatic carbocycles. The van der Waals surface area contributed by atoms with E-state index >= 15 is 0 Å². The van der Waals surface area contributed by atoms with Crippen LogP contribution in [-0.4, -0.2) is 16.1 Å². The molecule has 1 N–H and O–H groups in total. The van der Waals surface area contributed by atoms with Crippen LogP contribution in [0.2, 0.25) is 0 Å². The van der Waals surface area contributed by atoms with Crippen molar-refractivity contribution in [2.24, 2.45) is 5.92 Å². The molecule has 18 heavy (non-hydrogen) atoms. The van der Waals surface area contributed by atoms with E-state index in [1.165, 1.54) is 11.3 Å². The first-order valence-electron chi connectivity index (χ1n) is 5.81. The topological polar surface area (TPSA) is 50.2 Å². The summed E-state index contributed by atoms with van der Waals surface area (Å²) in [6.07, 6.45) is 2.87. The van der Waals surface area contributed by atoms with Crippen molar-refractivity contribution < 1.29 is 9.90 Å². The Balaban J connectivity index is 2.12. The molecule has 94 valence electrons. The molecule has 0 amide bonds. The minimum Gasteiger partial charge on any atom is -0.481 e. The van der Waals surface area contributed by atoms with E-state index in [1.807, 2.05) is 31.2 Å². The summed E-state index contributed by atoms with van der Waals surface area (Å²) in [4.78, 5) is 16.3. The van der Waals surface area contributed by atoms with Gasteiger partial charge in [-0.3, -0.25) is 9.78 Å². The van der Waals surface area contributed by atoms with Gasteiger partial charge in [0.2, 0.25) is 0 Å². The predicted molar refractivity (Wildman–Crippen MR) is 71.8 cm³/mol. The molecule has 1 heterocycles. The van der Waals surface area contributed by atoms with Gasteiger partial charge >= 0.3 is 5.97 Å². The number of hydrogen-bond donors (Lipinski definition) is 1. The number of aromatic nitrogens is 1. The third-order valence-electron chi connectivity index (χ3n) is 3.01. The van der Waals surface area contributed by atoms with Gasteiger partial charge < -0.3 is 5.11 Å². The van der Waals surface area contributed by atoms with E-state index in [1.54, 1.807) is 11.7 Å². The molecule has 0 spiro atoms. The van der Waals surface area contributed by atoms with Crippen LogP contribution in [0, 0.1) is 12.8 Å². The van der Waals surface area contributed by atoms with E-state index in [0.717, 1.165) is 16.0 Å². The maximum Gasteiger partial charge on any atom is 0.307 e. The highest BCUT2D eigenvalue weighted by molar-refractivity contribution is 7.09. The third-order valence-corrected chi connectivity index (χ3v) is 3.81. The summed E-state index contributed by atoms with van der Waals surface area (Å²) in [5.41, 5.74) is 3.99. The van der Waals surface area contributed by atoms with Crippen LogP contribution in [0.15, 0.2) is 36.0 Å². The summed E-state index contributed by atoms with van der Waals surface area (Å²) in [5.74, 6) is -1.13. The number of carboxylic acid groups (broad SMARTS) is 1. The zero-order valence-electron chi connectivity index (χ0n) is 10.2. The normalized spacial score (nSPS) is 12.3. The number of rotatable bonds is 5. The lowest BCUT2D eigenvalue weighted by Crippen LogP contribution is -2.19. The molecule has 1 unspecified atom stereocenters. The Hall–Kier alpha value is -1.68. The third kappa shape index (κ3) is 3.17. The van der Waals surface area contributed by atoms with Gasteiger partial charge in [0.1, 0.15) is 0 Å². The zero-order chi connectivity index (χ0) is 13.0. The summed E-state index contributed by atoms with van der Waals surface area (Å²) in [6.45, 7) is 2.01. The highest BCUT2D eigenvalue weighted by atomic mass is 32.1. The van der Waals surface area contributed by atoms with Gasteiger partial charge in [-0.15, -0.1) is 11.3 Å². The Labute approximate surface area is 110 Å². The number of aliphatic carboxylic acids is 1. The second-order valence-corrected chi connectivity index (χ2v) is 5.31. The first-order valence-corrected chi connectivity index (χ1v) is 6.69. The molecular formula is C14H15NO2S. The summed E-state index contributed by atoms with van der Waals surface area (Å²) in [5, 5.41) is 9.31. The average molecular weight is 261 g/mol. The van der Waals surface area contributed by atoms with Gasteiger partial charge in [-0.25, -0.2) is 0 Å². The maximum absolute atomic E-state index is 11.3. The van der Waals surface area contributed by atoms with Crippen LogP contribution < -0.4 is 0 Å². The van der Waals surface area contributed by atoms with Crippen molar-refractivity contribution in [3.05, 3.63) is 52.0 Å². The van der Waals surface area contributed by atoms with E-state index in [0.29, 0.717) is 12.8 Å². The number of carbonyl (C=O) groups is 1. The molecule has 0 aliphatic heterocycles. The number of carboxylic acids is 1. The van der Waals surface area contributed by atoms with Gasteiger partial charge in [0, 0.05) is 11.1 Å². The first kappa shape index (κ1) is 12.8. The standard InChI is InChI=1S/C14H15NO2S/c1-10-4-2-3-5-11(10)6-12(14(16)17)7-13-8-15-9-18-13/h2-5,8-9,12H,6-7H2,1H3,(H,16,17). The molecule has 4 heteroatoms. The molecule has 0 bridgehead atoms. The minimum atomic E-state index is -0.744. The van der Waals surface area contributed by atoms with Gasteiger partial charge in [0.05, 0.1) is 11.4 Å². The molecular weight excluding hydrogens is 246 g/mol. The molecule has 0 aliphatic rings. The number of aryl methyl sites for hydroxylation is 1. The van der Waals surface area contributed by atoms with Crippen molar-refractivity contribution in [1.82, 2.24) is 4.98 Å². The zero-order valence-corrected chi connectivity index (χ0v) is 11.0. The summed E-state index contributed by atoms with van der Waals surface area (Å²) in [6, 6.07) is 7.94. The Bertz CT molecular complexity index is 522. The van der Waals surface area contributed by atoms with Crippen LogP contribution in [0.1, 0.15) is 16.0 Å². The van der Waals surface area contributed by atoms with Crippen LogP contribution >= 0.6 is 11.3 Å². The lowest BCUT2D eigenvalue weighted by atomic mass is 9.93. The van der Waals surface area contributed by atoms with Crippen molar-refractivity contribution in [2.75, 3.05) is 0 Å². The molecule has 0 radical (unpaired) electrons. The van der Waals surface area contributed by atoms with Crippen molar-refractivity contribution in [1.29, 1.82) is 0 Å². The molecule has 1 atom stereocenters. The Morgan fingerprint density at radius 3 is 2.78 bits per heavy atom. The van der Waals surface area contributed by atoms with Gasteiger partial charge in [0.15, 0.2) is 0 Å². The van der Waals surface area contributed by atoms with Gasteiger partial charge in [0.25, 0.3) is 0 Å². The molecule has 0 saturated carbocycles. The summed E-state index contributed by atoms with van der Waals surface area (Å²) in [7, 11) is 0. The number of nitrogens with zero attached hydrogens (tertiary/aromatic N) is 1. The number of thiazole rings is 1. The van der Waals surface area contributed by atoms with Gasteiger partial charge in [-0.05, 0) is 30.9 Å². The van der Waals surface area contributed by atoms with Crippen molar-refractivity contribution in [2.45, 2.75) is 19.8 Å². The predicted octanol–water partition coefficient (Wildman–Crippen LogP) is 2.94. The minimum absolute atomic E-state index is 0.383. The van der Waals surface area contributed by atoms with E-state index in [4.69, 9.17) is 0 Å². The van der Waals surface area contributed by atoms with Crippen LogP contribution in [-0.2, 0) is 17.6 Å². The monoisotopic (exact) mass is 261 g/mol. The summed E-state index contributed by atoms with van der Waals surface area (Å²) < 4.78 is 0. The lowest BCUT2D eigenvalue weighted by molar-refractivity contribution is -0.141. The fourth-order valence-corrected chi connectivity index (χ4v) is 2.61. The highest BCUT2D eigenvalue weighted by Crippen LogP contribution is 2.19. The quantitative estimate of drug-likeness (QED) is 0.900. The lowest BCUT2D eigenvalue weighted by Gasteiger charge is -2.12. The van der Waals surface area contributed by atoms with E-state index in [9.17, 15) is 9.90 Å². The van der Waals surface area contributed by atoms with Gasteiger partial charge in [-0.1, -0.05) is 24.3 Å². The Morgan fingerprint density at radius 1 is 1.39 bits per heavy atom. The van der Waals surface area contributed by atoms with E-state index in [-0.39, 0.29) is 5.92 Å². The van der Waals surface area contributed by atoms with Crippen LogP contribution in [0.25, 0.3) is 0 Å². The Morgan fingerprint density at radius 2 is 2.17 bits per heavy atom. The average Bonchev–Trinajstić information content (AvgIpc) is 2.83. The molecule has 0 fully saturated rings. The summed E-state index contributed by atoms with van der Waals surface area (Å²) >= 11 is 1.51.